The van der Waals surface area contributed by atoms with Gasteiger partial charge in [0.1, 0.15) is 6.10 Å². The van der Waals surface area contributed by atoms with Crippen LogP contribution in [0.25, 0.3) is 0 Å². The zero-order chi connectivity index (χ0) is 49.5. The number of nitrogens with one attached hydrogen (secondary N) is 1. The van der Waals surface area contributed by atoms with Crippen molar-refractivity contribution < 1.29 is 24.5 Å². The van der Waals surface area contributed by atoms with Gasteiger partial charge in [0.05, 0.1) is 25.2 Å². The molecule has 0 spiro atoms. The number of ether oxygens (including phenoxy) is 1. The number of esters is 1. The van der Waals surface area contributed by atoms with Gasteiger partial charge in [0.25, 0.3) is 0 Å². The Labute approximate surface area is 420 Å². The topological polar surface area (TPSA) is 95.9 Å². The van der Waals surface area contributed by atoms with Crippen molar-refractivity contribution in [2.24, 2.45) is 0 Å². The number of aliphatic hydroxyl groups is 2. The van der Waals surface area contributed by atoms with Crippen LogP contribution in [0.2, 0.25) is 0 Å². The standard InChI is InChI=1S/C62H107NO5/c1-4-7-10-13-16-19-22-25-28-30-32-34-37-40-43-46-49-52-55-62(67)68-58(53-50-47-44-41-38-35-33-31-29-26-23-20-17-14-11-8-5-2)56-61(66)63-59(57-64)60(65)54-51-48-45-42-39-36-27-24-21-18-15-12-9-6-3/h16-17,19-20,22,25-26,28-30,32-35,41,44,58-60,64-65H,4-15,18,21,23-24,27,31,36-40,42-43,45-57H2,1-3H3,(H,63,66)/b19-16+,20-17-,25-22+,29-26-,30-28+,34-32+,35-33-,44-41-. The summed E-state index contributed by atoms with van der Waals surface area (Å²) in [7, 11) is 0. The van der Waals surface area contributed by atoms with Gasteiger partial charge in [-0.1, -0.05) is 253 Å². The lowest BCUT2D eigenvalue weighted by atomic mass is 10.0. The molecule has 3 unspecified atom stereocenters. The van der Waals surface area contributed by atoms with Crippen LogP contribution in [0.15, 0.2) is 97.2 Å². The number of rotatable bonds is 50. The second kappa shape index (κ2) is 54.7. The first-order valence-electron chi connectivity index (χ1n) is 28.5. The highest BCUT2D eigenvalue weighted by atomic mass is 16.5. The van der Waals surface area contributed by atoms with Crippen molar-refractivity contribution in [3.63, 3.8) is 0 Å². The van der Waals surface area contributed by atoms with Crippen molar-refractivity contribution in [3.8, 4) is 0 Å². The largest absolute Gasteiger partial charge is 0.462 e. The fourth-order valence-electron chi connectivity index (χ4n) is 8.14. The first-order chi connectivity index (χ1) is 33.5. The van der Waals surface area contributed by atoms with Gasteiger partial charge in [0.2, 0.25) is 5.91 Å². The van der Waals surface area contributed by atoms with Gasteiger partial charge in [-0.05, 0) is 89.9 Å². The van der Waals surface area contributed by atoms with Crippen LogP contribution in [-0.2, 0) is 14.3 Å². The normalized spacial score (nSPS) is 13.9. The molecule has 0 aliphatic rings. The van der Waals surface area contributed by atoms with E-state index < -0.39 is 18.2 Å². The van der Waals surface area contributed by atoms with Gasteiger partial charge in [-0.3, -0.25) is 9.59 Å². The molecule has 0 aromatic heterocycles. The molecular formula is C62H107NO5. The molecular weight excluding hydrogens is 839 g/mol. The molecule has 0 saturated carbocycles. The van der Waals surface area contributed by atoms with Gasteiger partial charge in [-0.2, -0.15) is 0 Å². The molecule has 0 aliphatic carbocycles. The summed E-state index contributed by atoms with van der Waals surface area (Å²) >= 11 is 0. The summed E-state index contributed by atoms with van der Waals surface area (Å²) in [5.41, 5.74) is 0. The molecule has 0 aromatic carbocycles. The highest BCUT2D eigenvalue weighted by Crippen LogP contribution is 2.17. The molecule has 390 valence electrons. The number of allylic oxidation sites excluding steroid dienone is 16. The number of unbranched alkanes of at least 4 members (excludes halogenated alkanes) is 25. The lowest BCUT2D eigenvalue weighted by Crippen LogP contribution is -2.46. The highest BCUT2D eigenvalue weighted by molar-refractivity contribution is 5.77. The lowest BCUT2D eigenvalue weighted by Gasteiger charge is -2.24. The second-order valence-electron chi connectivity index (χ2n) is 19.1. The number of hydrogen-bond acceptors (Lipinski definition) is 5. The zero-order valence-electron chi connectivity index (χ0n) is 44.5. The Hall–Kier alpha value is -3.22. The van der Waals surface area contributed by atoms with E-state index in [0.29, 0.717) is 19.3 Å². The van der Waals surface area contributed by atoms with E-state index in [4.69, 9.17) is 4.74 Å². The summed E-state index contributed by atoms with van der Waals surface area (Å²) in [6, 6.07) is -0.731. The minimum atomic E-state index is -0.813. The third-order valence-corrected chi connectivity index (χ3v) is 12.5. The molecule has 0 fully saturated rings. The fourth-order valence-corrected chi connectivity index (χ4v) is 8.14. The highest BCUT2D eigenvalue weighted by Gasteiger charge is 2.24. The van der Waals surface area contributed by atoms with E-state index in [2.05, 4.69) is 123 Å². The van der Waals surface area contributed by atoms with Crippen molar-refractivity contribution in [1.82, 2.24) is 5.32 Å². The van der Waals surface area contributed by atoms with Gasteiger partial charge in [-0.15, -0.1) is 0 Å². The molecule has 3 atom stereocenters. The van der Waals surface area contributed by atoms with Gasteiger partial charge < -0.3 is 20.3 Å². The van der Waals surface area contributed by atoms with Crippen LogP contribution >= 0.6 is 0 Å². The average molecular weight is 947 g/mol. The first kappa shape index (κ1) is 64.8. The molecule has 68 heavy (non-hydrogen) atoms. The lowest BCUT2D eigenvalue weighted by molar-refractivity contribution is -0.151. The van der Waals surface area contributed by atoms with E-state index in [0.717, 1.165) is 96.3 Å². The van der Waals surface area contributed by atoms with E-state index in [-0.39, 0.29) is 24.9 Å². The summed E-state index contributed by atoms with van der Waals surface area (Å²) in [5, 5.41) is 23.8. The Balaban J connectivity index is 4.74. The predicted octanol–water partition coefficient (Wildman–Crippen LogP) is 17.7. The first-order valence-corrected chi connectivity index (χ1v) is 28.5. The van der Waals surface area contributed by atoms with Crippen molar-refractivity contribution in [3.05, 3.63) is 97.2 Å². The number of hydrogen-bond donors (Lipinski definition) is 3. The summed E-state index contributed by atoms with van der Waals surface area (Å²) in [5.74, 6) is -0.557. The third kappa shape index (κ3) is 49.2. The van der Waals surface area contributed by atoms with Crippen LogP contribution in [0.3, 0.4) is 0 Å². The summed E-state index contributed by atoms with van der Waals surface area (Å²) in [4.78, 5) is 26.3. The van der Waals surface area contributed by atoms with E-state index in [1.165, 1.54) is 116 Å². The fraction of sp³-hybridized carbons (Fsp3) is 0.710. The predicted molar refractivity (Wildman–Crippen MR) is 296 cm³/mol. The third-order valence-electron chi connectivity index (χ3n) is 12.5. The van der Waals surface area contributed by atoms with Crippen LogP contribution < -0.4 is 5.32 Å². The quantitative estimate of drug-likeness (QED) is 0.0244. The molecule has 0 heterocycles. The van der Waals surface area contributed by atoms with E-state index in [1.807, 2.05) is 0 Å². The maximum atomic E-state index is 13.3. The zero-order valence-corrected chi connectivity index (χ0v) is 44.5. The number of amides is 1. The summed E-state index contributed by atoms with van der Waals surface area (Å²) in [6.07, 6.45) is 73.2. The van der Waals surface area contributed by atoms with Crippen molar-refractivity contribution >= 4 is 11.9 Å². The number of aliphatic hydroxyl groups excluding tert-OH is 2. The molecule has 0 aromatic rings. The number of carbonyl (C=O) groups excluding carboxylic acids is 2. The minimum Gasteiger partial charge on any atom is -0.462 e. The van der Waals surface area contributed by atoms with E-state index in [1.54, 1.807) is 0 Å². The van der Waals surface area contributed by atoms with E-state index in [9.17, 15) is 19.8 Å². The van der Waals surface area contributed by atoms with Crippen molar-refractivity contribution in [1.29, 1.82) is 0 Å². The van der Waals surface area contributed by atoms with Crippen LogP contribution in [-0.4, -0.2) is 46.9 Å². The monoisotopic (exact) mass is 946 g/mol. The van der Waals surface area contributed by atoms with Crippen LogP contribution in [0.1, 0.15) is 258 Å². The van der Waals surface area contributed by atoms with Crippen molar-refractivity contribution in [2.45, 2.75) is 277 Å². The Bertz CT molecular complexity index is 1340. The summed E-state index contributed by atoms with van der Waals surface area (Å²) < 4.78 is 5.92. The minimum absolute atomic E-state index is 0.0254. The van der Waals surface area contributed by atoms with Crippen LogP contribution in [0.5, 0.6) is 0 Å². The molecule has 0 bridgehead atoms. The molecule has 0 rings (SSSR count). The maximum Gasteiger partial charge on any atom is 0.306 e. The molecule has 0 radical (unpaired) electrons. The molecule has 6 nitrogen and oxygen atoms in total. The van der Waals surface area contributed by atoms with Gasteiger partial charge in [-0.25, -0.2) is 0 Å². The maximum absolute atomic E-state index is 13.3. The molecule has 3 N–H and O–H groups in total. The van der Waals surface area contributed by atoms with Gasteiger partial charge in [0.15, 0.2) is 0 Å². The Kier molecular flexibility index (Phi) is 52.1. The molecule has 1 amide bonds. The van der Waals surface area contributed by atoms with E-state index >= 15 is 0 Å². The molecule has 0 saturated heterocycles. The van der Waals surface area contributed by atoms with Gasteiger partial charge in [0, 0.05) is 6.42 Å². The van der Waals surface area contributed by atoms with Gasteiger partial charge >= 0.3 is 5.97 Å². The SMILES string of the molecule is CCCCC/C=C\C/C=C\C/C=C\C/C=C\CCCC(CC(=O)NC(CO)C(O)CCCCCCCCCCCCCCCC)OC(=O)CCCCCCC/C=C/C=C/C=C/C=C/CCCCC. The number of carbonyl (C=O) groups is 2. The summed E-state index contributed by atoms with van der Waals surface area (Å²) in [6.45, 7) is 6.41. The van der Waals surface area contributed by atoms with Crippen molar-refractivity contribution in [2.75, 3.05) is 6.61 Å². The Morgan fingerprint density at radius 3 is 1.32 bits per heavy atom. The Morgan fingerprint density at radius 1 is 0.441 bits per heavy atom. The second-order valence-corrected chi connectivity index (χ2v) is 19.1. The van der Waals surface area contributed by atoms with Crippen LogP contribution in [0.4, 0.5) is 0 Å². The smallest absolute Gasteiger partial charge is 0.306 e. The Morgan fingerprint density at radius 2 is 0.824 bits per heavy atom. The average Bonchev–Trinajstić information content (AvgIpc) is 3.33. The van der Waals surface area contributed by atoms with Crippen LogP contribution in [0, 0.1) is 0 Å². The molecule has 0 aliphatic heterocycles. The molecule has 6 heteroatoms.